The fraction of sp³-hybridized carbons (Fsp3) is 0.207. The second-order valence-corrected chi connectivity index (χ2v) is 9.44. The highest BCUT2D eigenvalue weighted by atomic mass is 32.1. The number of anilines is 1. The lowest BCUT2D eigenvalue weighted by molar-refractivity contribution is -0.116. The molecule has 0 unspecified atom stereocenters. The molecule has 1 aliphatic rings. The predicted molar refractivity (Wildman–Crippen MR) is 147 cm³/mol. The Morgan fingerprint density at radius 1 is 1.00 bits per heavy atom. The Hall–Kier alpha value is -3.97. The van der Waals surface area contributed by atoms with Gasteiger partial charge in [0.25, 0.3) is 0 Å². The first-order valence-electron chi connectivity index (χ1n) is 12.1. The van der Waals surface area contributed by atoms with E-state index in [2.05, 4.69) is 75.5 Å². The number of rotatable bonds is 7. The largest absolute Gasteiger partial charge is 0.352 e. The van der Waals surface area contributed by atoms with Crippen molar-refractivity contribution < 1.29 is 4.79 Å². The van der Waals surface area contributed by atoms with Crippen LogP contribution in [0, 0.1) is 13.8 Å². The van der Waals surface area contributed by atoms with E-state index in [4.69, 9.17) is 12.2 Å². The molecule has 2 aromatic heterocycles. The summed E-state index contributed by atoms with van der Waals surface area (Å²) >= 11 is 5.79. The lowest BCUT2D eigenvalue weighted by Crippen LogP contribution is -2.33. The van der Waals surface area contributed by atoms with E-state index in [9.17, 15) is 4.79 Å². The van der Waals surface area contributed by atoms with Crippen LogP contribution >= 0.6 is 12.2 Å². The van der Waals surface area contributed by atoms with Gasteiger partial charge in [-0.3, -0.25) is 9.78 Å². The molecule has 1 saturated heterocycles. The first-order chi connectivity index (χ1) is 17.5. The summed E-state index contributed by atoms with van der Waals surface area (Å²) in [5, 5.41) is 7.08. The van der Waals surface area contributed by atoms with Crippen LogP contribution in [0.15, 0.2) is 91.3 Å². The van der Waals surface area contributed by atoms with Gasteiger partial charge in [-0.1, -0.05) is 30.3 Å². The third kappa shape index (κ3) is 4.88. The summed E-state index contributed by atoms with van der Waals surface area (Å²) in [6.07, 6.45) is 4.19. The molecular weight excluding hydrogens is 466 g/mol. The summed E-state index contributed by atoms with van der Waals surface area (Å²) in [5.74, 6) is -0.0476. The van der Waals surface area contributed by atoms with E-state index >= 15 is 0 Å². The van der Waals surface area contributed by atoms with Crippen molar-refractivity contribution >= 4 is 28.9 Å². The zero-order valence-corrected chi connectivity index (χ0v) is 21.2. The molecule has 2 aromatic carbocycles. The Morgan fingerprint density at radius 3 is 2.56 bits per heavy atom. The van der Waals surface area contributed by atoms with E-state index in [1.54, 1.807) is 6.20 Å². The SMILES string of the molecule is Cc1ccc(-n2cccc2[C@@H]2[C@H](c3ccccn3)NC(=S)N2CCC(=O)Nc2ccccc2)cc1C. The molecule has 1 amide bonds. The Morgan fingerprint density at radius 2 is 1.81 bits per heavy atom. The summed E-state index contributed by atoms with van der Waals surface area (Å²) in [7, 11) is 0. The molecule has 0 aliphatic carbocycles. The van der Waals surface area contributed by atoms with Gasteiger partial charge < -0.3 is 20.1 Å². The quantitative estimate of drug-likeness (QED) is 0.332. The van der Waals surface area contributed by atoms with Crippen LogP contribution in [0.3, 0.4) is 0 Å². The number of nitrogens with zero attached hydrogens (tertiary/aromatic N) is 3. The van der Waals surface area contributed by atoms with Crippen molar-refractivity contribution in [1.29, 1.82) is 0 Å². The molecule has 0 spiro atoms. The number of para-hydroxylation sites is 1. The van der Waals surface area contributed by atoms with Crippen LogP contribution in [0.25, 0.3) is 5.69 Å². The van der Waals surface area contributed by atoms with Crippen LogP contribution in [0.1, 0.15) is 41.0 Å². The van der Waals surface area contributed by atoms with Crippen molar-refractivity contribution in [1.82, 2.24) is 19.8 Å². The first kappa shape index (κ1) is 23.8. The number of aromatic nitrogens is 2. The number of hydrogen-bond acceptors (Lipinski definition) is 3. The molecule has 6 nitrogen and oxygen atoms in total. The number of amides is 1. The molecule has 0 saturated carbocycles. The maximum absolute atomic E-state index is 12.8. The van der Waals surface area contributed by atoms with Crippen LogP contribution in [0.2, 0.25) is 0 Å². The van der Waals surface area contributed by atoms with Gasteiger partial charge in [0.15, 0.2) is 5.11 Å². The molecule has 0 bridgehead atoms. The second kappa shape index (κ2) is 10.3. The standard InChI is InChI=1S/C29H29N5OS/c1-20-13-14-23(19-21(20)2)33-17-8-12-25(33)28-27(24-11-6-7-16-30-24)32-29(36)34(28)18-15-26(35)31-22-9-4-3-5-10-22/h3-14,16-17,19,27-28H,15,18H2,1-2H3,(H,31,35)(H,32,36)/t27-,28+/m0/s1. The molecule has 2 N–H and O–H groups in total. The lowest BCUT2D eigenvalue weighted by atomic mass is 10.0. The van der Waals surface area contributed by atoms with Gasteiger partial charge in [-0.15, -0.1) is 0 Å². The highest BCUT2D eigenvalue weighted by Crippen LogP contribution is 2.39. The van der Waals surface area contributed by atoms with E-state index in [1.807, 2.05) is 48.5 Å². The van der Waals surface area contributed by atoms with Crippen molar-refractivity contribution in [2.75, 3.05) is 11.9 Å². The summed E-state index contributed by atoms with van der Waals surface area (Å²) in [6.45, 7) is 4.73. The Bertz CT molecular complexity index is 1370. The molecular formula is C29H29N5OS. The number of carbonyl (C=O) groups excluding carboxylic acids is 1. The summed E-state index contributed by atoms with van der Waals surface area (Å²) in [4.78, 5) is 19.5. The third-order valence-electron chi connectivity index (χ3n) is 6.69. The molecule has 1 aliphatic heterocycles. The first-order valence-corrected chi connectivity index (χ1v) is 12.5. The minimum Gasteiger partial charge on any atom is -0.352 e. The van der Waals surface area contributed by atoms with Gasteiger partial charge in [0.05, 0.1) is 17.8 Å². The lowest BCUT2D eigenvalue weighted by Gasteiger charge is -2.29. The van der Waals surface area contributed by atoms with Crippen molar-refractivity contribution in [3.8, 4) is 5.69 Å². The van der Waals surface area contributed by atoms with Gasteiger partial charge in [-0.2, -0.15) is 0 Å². The van der Waals surface area contributed by atoms with Crippen LogP contribution in [-0.4, -0.2) is 32.0 Å². The number of nitrogens with one attached hydrogen (secondary N) is 2. The van der Waals surface area contributed by atoms with Crippen molar-refractivity contribution in [3.05, 3.63) is 114 Å². The molecule has 36 heavy (non-hydrogen) atoms. The van der Waals surface area contributed by atoms with E-state index < -0.39 is 0 Å². The molecule has 3 heterocycles. The molecule has 1 fully saturated rings. The van der Waals surface area contributed by atoms with Crippen LogP contribution in [0.4, 0.5) is 5.69 Å². The van der Waals surface area contributed by atoms with Gasteiger partial charge in [0, 0.05) is 42.4 Å². The molecule has 2 atom stereocenters. The van der Waals surface area contributed by atoms with E-state index in [0.717, 1.165) is 22.8 Å². The topological polar surface area (TPSA) is 62.2 Å². The van der Waals surface area contributed by atoms with Crippen molar-refractivity contribution in [3.63, 3.8) is 0 Å². The summed E-state index contributed by atoms with van der Waals surface area (Å²) < 4.78 is 2.21. The number of hydrogen-bond donors (Lipinski definition) is 2. The Kier molecular flexibility index (Phi) is 6.82. The van der Waals surface area contributed by atoms with Gasteiger partial charge in [-0.05, 0) is 85.7 Å². The van der Waals surface area contributed by atoms with E-state index in [1.165, 1.54) is 11.1 Å². The third-order valence-corrected chi connectivity index (χ3v) is 7.04. The van der Waals surface area contributed by atoms with Gasteiger partial charge in [0.1, 0.15) is 0 Å². The van der Waals surface area contributed by atoms with Gasteiger partial charge >= 0.3 is 0 Å². The fourth-order valence-electron chi connectivity index (χ4n) is 4.68. The smallest absolute Gasteiger partial charge is 0.226 e. The highest BCUT2D eigenvalue weighted by molar-refractivity contribution is 7.80. The van der Waals surface area contributed by atoms with Crippen LogP contribution in [0.5, 0.6) is 0 Å². The highest BCUT2D eigenvalue weighted by Gasteiger charge is 2.41. The molecule has 182 valence electrons. The predicted octanol–water partition coefficient (Wildman–Crippen LogP) is 5.49. The van der Waals surface area contributed by atoms with Crippen LogP contribution < -0.4 is 10.6 Å². The van der Waals surface area contributed by atoms with Crippen LogP contribution in [-0.2, 0) is 4.79 Å². The number of aryl methyl sites for hydroxylation is 2. The average Bonchev–Trinajstić information content (AvgIpc) is 3.50. The van der Waals surface area contributed by atoms with Gasteiger partial charge in [-0.25, -0.2) is 0 Å². The zero-order valence-electron chi connectivity index (χ0n) is 20.4. The average molecular weight is 496 g/mol. The van der Waals surface area contributed by atoms with Crippen molar-refractivity contribution in [2.45, 2.75) is 32.4 Å². The molecule has 4 aromatic rings. The maximum atomic E-state index is 12.8. The Balaban J connectivity index is 1.46. The number of thiocarbonyl (C=S) groups is 1. The monoisotopic (exact) mass is 495 g/mol. The van der Waals surface area contributed by atoms with E-state index in [-0.39, 0.29) is 18.0 Å². The van der Waals surface area contributed by atoms with Crippen molar-refractivity contribution in [2.24, 2.45) is 0 Å². The second-order valence-electron chi connectivity index (χ2n) is 9.06. The minimum atomic E-state index is -0.143. The number of carbonyl (C=O) groups is 1. The fourth-order valence-corrected chi connectivity index (χ4v) is 5.01. The molecule has 7 heteroatoms. The normalized spacial score (nSPS) is 17.2. The number of benzene rings is 2. The summed E-state index contributed by atoms with van der Waals surface area (Å²) in [6, 6.07) is 25.8. The number of pyridine rings is 1. The molecule has 0 radical (unpaired) electrons. The van der Waals surface area contributed by atoms with E-state index in [0.29, 0.717) is 18.1 Å². The molecule has 5 rings (SSSR count). The zero-order chi connectivity index (χ0) is 25.1. The Labute approximate surface area is 217 Å². The minimum absolute atomic E-state index is 0.0476. The van der Waals surface area contributed by atoms with Gasteiger partial charge in [0.2, 0.25) is 5.91 Å². The summed E-state index contributed by atoms with van der Waals surface area (Å²) in [5.41, 5.74) is 6.38. The maximum Gasteiger partial charge on any atom is 0.226 e.